The summed E-state index contributed by atoms with van der Waals surface area (Å²) < 4.78 is 4.71. The summed E-state index contributed by atoms with van der Waals surface area (Å²) in [7, 11) is 0. The number of rotatable bonds is 5. The molecule has 10 heavy (non-hydrogen) atoms. The first-order valence-corrected chi connectivity index (χ1v) is 2.96. The minimum Gasteiger partial charge on any atom is -0.479 e. The predicted molar refractivity (Wildman–Crippen MR) is 33.7 cm³/mol. The van der Waals surface area contributed by atoms with Crippen molar-refractivity contribution in [3.63, 3.8) is 0 Å². The summed E-state index contributed by atoms with van der Waals surface area (Å²) in [6.07, 6.45) is 0.117. The molecule has 0 heterocycles. The highest BCUT2D eigenvalue weighted by atomic mass is 16.5. The van der Waals surface area contributed by atoms with Gasteiger partial charge >= 0.3 is 5.97 Å². The first-order chi connectivity index (χ1) is 4.68. The molecule has 0 saturated heterocycles. The molecule has 0 aromatic heterocycles. The second kappa shape index (κ2) is 4.93. The van der Waals surface area contributed by atoms with Crippen LogP contribution in [0.4, 0.5) is 0 Å². The minimum absolute atomic E-state index is 0.178. The van der Waals surface area contributed by atoms with Crippen molar-refractivity contribution in [1.29, 1.82) is 0 Å². The quantitative estimate of drug-likeness (QED) is 0.440. The highest BCUT2D eigenvalue weighted by Crippen LogP contribution is 1.90. The summed E-state index contributed by atoms with van der Waals surface area (Å²) in [4.78, 5) is 19.8. The van der Waals surface area contributed by atoms with Crippen molar-refractivity contribution in [2.75, 3.05) is 6.61 Å². The van der Waals surface area contributed by atoms with Gasteiger partial charge in [-0.3, -0.25) is 0 Å². The van der Waals surface area contributed by atoms with Gasteiger partial charge in [-0.25, -0.2) is 4.79 Å². The van der Waals surface area contributed by atoms with Gasteiger partial charge in [0.2, 0.25) is 0 Å². The molecule has 0 radical (unpaired) electrons. The number of ether oxygens (including phenoxy) is 1. The number of hydrogen-bond donors (Lipinski definition) is 1. The molecule has 1 unspecified atom stereocenters. The molecule has 1 atom stereocenters. The molecule has 0 rings (SSSR count). The maximum atomic E-state index is 10.1. The van der Waals surface area contributed by atoms with Gasteiger partial charge < -0.3 is 14.6 Å². The molecule has 4 heteroatoms. The lowest BCUT2D eigenvalue weighted by atomic mass is 10.4. The van der Waals surface area contributed by atoms with Crippen molar-refractivity contribution in [2.45, 2.75) is 19.4 Å². The van der Waals surface area contributed by atoms with Gasteiger partial charge in [-0.1, -0.05) is 0 Å². The lowest BCUT2D eigenvalue weighted by Gasteiger charge is -2.04. The summed E-state index contributed by atoms with van der Waals surface area (Å²) in [5.74, 6) is -1.01. The van der Waals surface area contributed by atoms with E-state index in [4.69, 9.17) is 9.84 Å². The molecular weight excluding hydrogens is 136 g/mol. The predicted octanol–water partition coefficient (Wildman–Crippen LogP) is 0.0651. The summed E-state index contributed by atoms with van der Waals surface area (Å²) in [6, 6.07) is 0. The first-order valence-electron chi connectivity index (χ1n) is 2.96. The Hall–Kier alpha value is -0.900. The maximum absolute atomic E-state index is 10.1. The zero-order chi connectivity index (χ0) is 7.98. The fourth-order valence-corrected chi connectivity index (χ4v) is 0.364. The van der Waals surface area contributed by atoms with Crippen LogP contribution in [0, 0.1) is 0 Å². The van der Waals surface area contributed by atoms with Crippen molar-refractivity contribution in [3.05, 3.63) is 0 Å². The average Bonchev–Trinajstić information content (AvgIpc) is 1.88. The Balaban J connectivity index is 3.30. The number of carboxylic acid groups (broad SMARTS) is 1. The number of aldehydes is 1. The fraction of sp³-hybridized carbons (Fsp3) is 0.667. The lowest BCUT2D eigenvalue weighted by Crippen LogP contribution is -2.20. The Kier molecular flexibility index (Phi) is 4.49. The Labute approximate surface area is 58.8 Å². The molecule has 0 spiro atoms. The molecule has 1 N–H and O–H groups in total. The molecule has 0 aromatic carbocycles. The van der Waals surface area contributed by atoms with E-state index in [0.717, 1.165) is 0 Å². The van der Waals surface area contributed by atoms with Crippen molar-refractivity contribution in [3.8, 4) is 0 Å². The van der Waals surface area contributed by atoms with Crippen molar-refractivity contribution < 1.29 is 19.4 Å². The van der Waals surface area contributed by atoms with Crippen LogP contribution in [0.3, 0.4) is 0 Å². The van der Waals surface area contributed by atoms with Crippen LogP contribution in [0.1, 0.15) is 13.3 Å². The summed E-state index contributed by atoms with van der Waals surface area (Å²) in [6.45, 7) is 1.60. The molecule has 0 aliphatic carbocycles. The van der Waals surface area contributed by atoms with Gasteiger partial charge in [-0.05, 0) is 6.92 Å². The molecule has 4 nitrogen and oxygen atoms in total. The number of carbonyl (C=O) groups is 2. The molecule has 58 valence electrons. The Morgan fingerprint density at radius 3 is 2.80 bits per heavy atom. The van der Waals surface area contributed by atoms with E-state index in [0.29, 0.717) is 6.29 Å². The Morgan fingerprint density at radius 1 is 1.80 bits per heavy atom. The largest absolute Gasteiger partial charge is 0.479 e. The van der Waals surface area contributed by atoms with Gasteiger partial charge in [0.1, 0.15) is 6.29 Å². The zero-order valence-corrected chi connectivity index (χ0v) is 5.74. The van der Waals surface area contributed by atoms with E-state index in [1.54, 1.807) is 0 Å². The highest BCUT2D eigenvalue weighted by molar-refractivity contribution is 5.71. The normalized spacial score (nSPS) is 12.5. The van der Waals surface area contributed by atoms with Gasteiger partial charge in [0, 0.05) is 6.42 Å². The van der Waals surface area contributed by atoms with Crippen LogP contribution in [0.25, 0.3) is 0 Å². The Bertz CT molecular complexity index is 121. The summed E-state index contributed by atoms with van der Waals surface area (Å²) in [5.41, 5.74) is 0. The molecular formula is C6H10O4. The zero-order valence-electron chi connectivity index (χ0n) is 5.74. The fourth-order valence-electron chi connectivity index (χ4n) is 0.364. The van der Waals surface area contributed by atoms with E-state index in [1.165, 1.54) is 6.92 Å². The van der Waals surface area contributed by atoms with E-state index in [2.05, 4.69) is 0 Å². The van der Waals surface area contributed by atoms with Crippen LogP contribution in [0.15, 0.2) is 0 Å². The van der Waals surface area contributed by atoms with Gasteiger partial charge in [-0.15, -0.1) is 0 Å². The topological polar surface area (TPSA) is 63.6 Å². The minimum atomic E-state index is -1.01. The molecule has 0 aliphatic rings. The molecule has 0 saturated carbocycles. The second-order valence-corrected chi connectivity index (χ2v) is 1.81. The number of carbonyl (C=O) groups excluding carboxylic acids is 1. The third kappa shape index (κ3) is 4.03. The van der Waals surface area contributed by atoms with Crippen LogP contribution >= 0.6 is 0 Å². The van der Waals surface area contributed by atoms with Crippen LogP contribution < -0.4 is 0 Å². The standard InChI is InChI=1S/C6H10O4/c1-5(6(8)9)10-4-2-3-7/h3,5H,2,4H2,1H3,(H,8,9). The van der Waals surface area contributed by atoms with Crippen LogP contribution in [0.2, 0.25) is 0 Å². The number of aliphatic carboxylic acids is 1. The van der Waals surface area contributed by atoms with Crippen molar-refractivity contribution >= 4 is 12.3 Å². The third-order valence-corrected chi connectivity index (χ3v) is 0.951. The summed E-state index contributed by atoms with van der Waals surface area (Å²) in [5, 5.41) is 8.27. The lowest BCUT2D eigenvalue weighted by molar-refractivity contribution is -0.149. The number of hydrogen-bond acceptors (Lipinski definition) is 3. The third-order valence-electron chi connectivity index (χ3n) is 0.951. The van der Waals surface area contributed by atoms with E-state index >= 15 is 0 Å². The van der Waals surface area contributed by atoms with E-state index in [1.807, 2.05) is 0 Å². The summed E-state index contributed by atoms with van der Waals surface area (Å²) >= 11 is 0. The van der Waals surface area contributed by atoms with Crippen LogP contribution in [-0.2, 0) is 14.3 Å². The van der Waals surface area contributed by atoms with E-state index in [-0.39, 0.29) is 13.0 Å². The van der Waals surface area contributed by atoms with E-state index in [9.17, 15) is 9.59 Å². The van der Waals surface area contributed by atoms with Crippen LogP contribution in [-0.4, -0.2) is 30.1 Å². The Morgan fingerprint density at radius 2 is 2.40 bits per heavy atom. The highest BCUT2D eigenvalue weighted by Gasteiger charge is 2.09. The van der Waals surface area contributed by atoms with Gasteiger partial charge in [0.25, 0.3) is 0 Å². The second-order valence-electron chi connectivity index (χ2n) is 1.81. The monoisotopic (exact) mass is 146 g/mol. The average molecular weight is 146 g/mol. The van der Waals surface area contributed by atoms with Gasteiger partial charge in [0.15, 0.2) is 6.10 Å². The SMILES string of the molecule is CC(OCCC=O)C(=O)O. The number of carboxylic acids is 1. The molecule has 0 aliphatic heterocycles. The molecule has 0 fully saturated rings. The first kappa shape index (κ1) is 9.10. The molecule has 0 aromatic rings. The van der Waals surface area contributed by atoms with E-state index < -0.39 is 12.1 Å². The van der Waals surface area contributed by atoms with Crippen molar-refractivity contribution in [2.24, 2.45) is 0 Å². The smallest absolute Gasteiger partial charge is 0.332 e. The van der Waals surface area contributed by atoms with Crippen molar-refractivity contribution in [1.82, 2.24) is 0 Å². The maximum Gasteiger partial charge on any atom is 0.332 e. The molecule has 0 amide bonds. The van der Waals surface area contributed by atoms with Gasteiger partial charge in [0.05, 0.1) is 6.61 Å². The van der Waals surface area contributed by atoms with Crippen LogP contribution in [0.5, 0.6) is 0 Å². The van der Waals surface area contributed by atoms with Gasteiger partial charge in [-0.2, -0.15) is 0 Å². The molecule has 0 bridgehead atoms.